The van der Waals surface area contributed by atoms with E-state index in [9.17, 15) is 8.78 Å². The lowest BCUT2D eigenvalue weighted by molar-refractivity contribution is 0.0668. The first-order valence-electron chi connectivity index (χ1n) is 7.09. The maximum Gasteiger partial charge on any atom is 0.319 e. The minimum atomic E-state index is -2.61. The van der Waals surface area contributed by atoms with Crippen molar-refractivity contribution in [3.63, 3.8) is 0 Å². The Bertz CT molecular complexity index is 663. The molecule has 0 atom stereocenters. The van der Waals surface area contributed by atoms with Crippen LogP contribution >= 0.6 is 35.6 Å². The largest absolute Gasteiger partial charge is 0.356 e. The van der Waals surface area contributed by atoms with Gasteiger partial charge in [-0.2, -0.15) is 8.78 Å². The molecular formula is C15H19ClF2IN5. The molecule has 2 rings (SSSR count). The summed E-state index contributed by atoms with van der Waals surface area (Å²) < 4.78 is 26.3. The van der Waals surface area contributed by atoms with Crippen LogP contribution in [0.2, 0.25) is 5.02 Å². The molecule has 0 fully saturated rings. The summed E-state index contributed by atoms with van der Waals surface area (Å²) >= 11 is 6.09. The highest BCUT2D eigenvalue weighted by Crippen LogP contribution is 2.15. The number of hydrogen-bond donors (Lipinski definition) is 2. The van der Waals surface area contributed by atoms with Gasteiger partial charge in [-0.15, -0.1) is 24.0 Å². The Morgan fingerprint density at radius 2 is 2.08 bits per heavy atom. The van der Waals surface area contributed by atoms with Crippen molar-refractivity contribution in [2.45, 2.75) is 19.5 Å². The minimum Gasteiger partial charge on any atom is -0.356 e. The summed E-state index contributed by atoms with van der Waals surface area (Å²) in [6.45, 7) is -1.83. The van der Waals surface area contributed by atoms with E-state index in [-0.39, 0.29) is 36.3 Å². The molecule has 2 N–H and O–H groups in total. The van der Waals surface area contributed by atoms with Crippen LogP contribution in [0.1, 0.15) is 17.9 Å². The Labute approximate surface area is 161 Å². The number of imidazole rings is 1. The number of guanidine groups is 1. The quantitative estimate of drug-likeness (QED) is 0.387. The van der Waals surface area contributed by atoms with Crippen LogP contribution in [-0.4, -0.2) is 29.1 Å². The summed E-state index contributed by atoms with van der Waals surface area (Å²) in [7, 11) is 1.62. The Morgan fingerprint density at radius 1 is 1.33 bits per heavy atom. The number of aromatic nitrogens is 2. The van der Waals surface area contributed by atoms with Crippen molar-refractivity contribution in [2.24, 2.45) is 4.99 Å². The van der Waals surface area contributed by atoms with E-state index in [0.717, 1.165) is 21.6 Å². The molecule has 0 spiro atoms. The molecule has 1 heterocycles. The van der Waals surface area contributed by atoms with Gasteiger partial charge in [0.1, 0.15) is 5.82 Å². The molecule has 0 radical (unpaired) electrons. The van der Waals surface area contributed by atoms with E-state index in [1.807, 2.05) is 24.3 Å². The van der Waals surface area contributed by atoms with Crippen molar-refractivity contribution >= 4 is 41.5 Å². The zero-order chi connectivity index (χ0) is 16.7. The number of aliphatic imine (C=N–C) groups is 1. The molecule has 132 valence electrons. The summed E-state index contributed by atoms with van der Waals surface area (Å²) in [5.41, 5.74) is 1.03. The molecule has 0 unspecified atom stereocenters. The maximum absolute atomic E-state index is 12.7. The third kappa shape index (κ3) is 5.90. The van der Waals surface area contributed by atoms with Crippen LogP contribution < -0.4 is 10.6 Å². The van der Waals surface area contributed by atoms with E-state index in [4.69, 9.17) is 11.6 Å². The monoisotopic (exact) mass is 469 g/mol. The van der Waals surface area contributed by atoms with Crippen molar-refractivity contribution in [1.29, 1.82) is 0 Å². The van der Waals surface area contributed by atoms with E-state index in [1.165, 1.54) is 12.4 Å². The average molecular weight is 470 g/mol. The molecule has 0 saturated carbocycles. The standard InChI is InChI=1S/C15H18ClF2N5.HI/c1-19-15(21-7-6-11-4-2-3-5-12(11)16)22-10-13-20-8-9-23(13)14(17)18;/h2-5,8-9,14H,6-7,10H2,1H3,(H2,19,21,22);1H. The fourth-order valence-corrected chi connectivity index (χ4v) is 2.29. The fourth-order valence-electron chi connectivity index (χ4n) is 2.06. The van der Waals surface area contributed by atoms with Gasteiger partial charge >= 0.3 is 6.55 Å². The van der Waals surface area contributed by atoms with Gasteiger partial charge in [-0.25, -0.2) is 4.98 Å². The lowest BCUT2D eigenvalue weighted by Gasteiger charge is -2.13. The van der Waals surface area contributed by atoms with Crippen LogP contribution in [0, 0.1) is 0 Å². The van der Waals surface area contributed by atoms with Crippen molar-refractivity contribution < 1.29 is 8.78 Å². The molecule has 1 aromatic heterocycles. The average Bonchev–Trinajstić information content (AvgIpc) is 3.01. The number of hydrogen-bond acceptors (Lipinski definition) is 2. The van der Waals surface area contributed by atoms with Crippen LogP contribution in [-0.2, 0) is 13.0 Å². The summed E-state index contributed by atoms with van der Waals surface area (Å²) in [5, 5.41) is 6.79. The molecule has 2 aromatic rings. The number of nitrogens with zero attached hydrogens (tertiary/aromatic N) is 3. The van der Waals surface area contributed by atoms with Gasteiger partial charge in [0.05, 0.1) is 6.54 Å². The Hall–Kier alpha value is -1.42. The van der Waals surface area contributed by atoms with Gasteiger partial charge in [0.15, 0.2) is 5.96 Å². The van der Waals surface area contributed by atoms with Gasteiger partial charge in [-0.05, 0) is 18.1 Å². The molecular weight excluding hydrogens is 451 g/mol. The first-order chi connectivity index (χ1) is 11.1. The van der Waals surface area contributed by atoms with Crippen molar-refractivity contribution in [3.8, 4) is 0 Å². The van der Waals surface area contributed by atoms with Crippen LogP contribution in [0.4, 0.5) is 8.78 Å². The van der Waals surface area contributed by atoms with E-state index in [1.54, 1.807) is 7.05 Å². The zero-order valence-electron chi connectivity index (χ0n) is 13.0. The molecule has 24 heavy (non-hydrogen) atoms. The molecule has 5 nitrogen and oxygen atoms in total. The summed E-state index contributed by atoms with van der Waals surface area (Å²) in [4.78, 5) is 7.96. The van der Waals surface area contributed by atoms with Crippen molar-refractivity contribution in [2.75, 3.05) is 13.6 Å². The normalized spacial score (nSPS) is 11.3. The maximum atomic E-state index is 12.7. The molecule has 0 aliphatic carbocycles. The fraction of sp³-hybridized carbons (Fsp3) is 0.333. The molecule has 0 amide bonds. The van der Waals surface area contributed by atoms with Gasteiger partial charge in [-0.1, -0.05) is 29.8 Å². The number of rotatable bonds is 6. The first-order valence-corrected chi connectivity index (χ1v) is 7.47. The van der Waals surface area contributed by atoms with E-state index >= 15 is 0 Å². The Kier molecular flexibility index (Phi) is 8.98. The van der Waals surface area contributed by atoms with Gasteiger partial charge in [0.25, 0.3) is 0 Å². The number of benzene rings is 1. The lowest BCUT2D eigenvalue weighted by Crippen LogP contribution is -2.38. The van der Waals surface area contributed by atoms with E-state index < -0.39 is 6.55 Å². The molecule has 1 aromatic carbocycles. The third-order valence-electron chi connectivity index (χ3n) is 3.24. The highest BCUT2D eigenvalue weighted by Gasteiger charge is 2.11. The second-order valence-corrected chi connectivity index (χ2v) is 5.13. The van der Waals surface area contributed by atoms with E-state index in [0.29, 0.717) is 12.5 Å². The number of nitrogens with one attached hydrogen (secondary N) is 2. The lowest BCUT2D eigenvalue weighted by atomic mass is 10.1. The Morgan fingerprint density at radius 3 is 2.75 bits per heavy atom. The molecule has 0 aliphatic heterocycles. The third-order valence-corrected chi connectivity index (χ3v) is 3.61. The van der Waals surface area contributed by atoms with Gasteiger partial charge < -0.3 is 10.6 Å². The number of halogens is 4. The zero-order valence-corrected chi connectivity index (χ0v) is 16.1. The highest BCUT2D eigenvalue weighted by atomic mass is 127. The first kappa shape index (κ1) is 20.6. The highest BCUT2D eigenvalue weighted by molar-refractivity contribution is 14.0. The summed E-state index contributed by atoms with van der Waals surface area (Å²) in [6.07, 6.45) is 3.32. The van der Waals surface area contributed by atoms with E-state index in [2.05, 4.69) is 20.6 Å². The second kappa shape index (κ2) is 10.4. The summed E-state index contributed by atoms with van der Waals surface area (Å²) in [5.74, 6) is 0.759. The summed E-state index contributed by atoms with van der Waals surface area (Å²) in [6, 6.07) is 7.61. The predicted molar refractivity (Wildman–Crippen MR) is 102 cm³/mol. The van der Waals surface area contributed by atoms with Crippen molar-refractivity contribution in [3.05, 3.63) is 53.1 Å². The Balaban J connectivity index is 0.00000288. The molecule has 9 heteroatoms. The van der Waals surface area contributed by atoms with Crippen LogP contribution in [0.15, 0.2) is 41.7 Å². The predicted octanol–water partition coefficient (Wildman–Crippen LogP) is 3.46. The molecule has 0 bridgehead atoms. The minimum absolute atomic E-state index is 0. The van der Waals surface area contributed by atoms with Gasteiger partial charge in [0.2, 0.25) is 0 Å². The van der Waals surface area contributed by atoms with Crippen LogP contribution in [0.5, 0.6) is 0 Å². The smallest absolute Gasteiger partial charge is 0.319 e. The van der Waals surface area contributed by atoms with Gasteiger partial charge in [0, 0.05) is 31.0 Å². The van der Waals surface area contributed by atoms with Crippen molar-refractivity contribution in [1.82, 2.24) is 20.2 Å². The molecule has 0 aliphatic rings. The SMILES string of the molecule is CN=C(NCCc1ccccc1Cl)NCc1nccn1C(F)F.I. The topological polar surface area (TPSA) is 54.2 Å². The second-order valence-electron chi connectivity index (χ2n) is 4.72. The number of alkyl halides is 2. The van der Waals surface area contributed by atoms with Gasteiger partial charge in [-0.3, -0.25) is 9.56 Å². The molecule has 0 saturated heterocycles. The van der Waals surface area contributed by atoms with Crippen LogP contribution in [0.25, 0.3) is 0 Å². The van der Waals surface area contributed by atoms with Crippen LogP contribution in [0.3, 0.4) is 0 Å².